The van der Waals surface area contributed by atoms with Gasteiger partial charge in [0.15, 0.2) is 0 Å². The van der Waals surface area contributed by atoms with Crippen LogP contribution < -0.4 is 4.90 Å². The van der Waals surface area contributed by atoms with E-state index in [0.29, 0.717) is 6.04 Å². The smallest absolute Gasteiger partial charge is 0.0756 e. The molecular weight excluding hydrogens is 366 g/mol. The molecule has 3 heteroatoms. The Balaban J connectivity index is 1.59. The molecule has 0 amide bonds. The van der Waals surface area contributed by atoms with Gasteiger partial charge in [0.25, 0.3) is 0 Å². The van der Waals surface area contributed by atoms with Gasteiger partial charge in [-0.15, -0.1) is 0 Å². The van der Waals surface area contributed by atoms with Crippen molar-refractivity contribution in [1.29, 1.82) is 0 Å². The summed E-state index contributed by atoms with van der Waals surface area (Å²) in [5.41, 5.74) is 9.25. The quantitative estimate of drug-likeness (QED) is 0.485. The van der Waals surface area contributed by atoms with Gasteiger partial charge in [0.05, 0.1) is 22.6 Å². The van der Waals surface area contributed by atoms with Crippen LogP contribution in [0.25, 0.3) is 11.0 Å². The third-order valence-corrected chi connectivity index (χ3v) is 9.61. The molecular formula is C27H33N3. The van der Waals surface area contributed by atoms with Crippen molar-refractivity contribution in [3.8, 4) is 0 Å². The summed E-state index contributed by atoms with van der Waals surface area (Å²) in [5.74, 6) is 3.53. The predicted molar refractivity (Wildman–Crippen MR) is 123 cm³/mol. The Bertz CT molecular complexity index is 1150. The fourth-order valence-electron chi connectivity index (χ4n) is 8.90. The van der Waals surface area contributed by atoms with E-state index >= 15 is 0 Å². The molecule has 156 valence electrons. The minimum Gasteiger partial charge on any atom is -0.353 e. The van der Waals surface area contributed by atoms with Gasteiger partial charge in [-0.1, -0.05) is 18.2 Å². The van der Waals surface area contributed by atoms with Gasteiger partial charge in [0.1, 0.15) is 0 Å². The maximum Gasteiger partial charge on any atom is 0.0756 e. The van der Waals surface area contributed by atoms with Gasteiger partial charge >= 0.3 is 0 Å². The second kappa shape index (κ2) is 5.55. The minimum absolute atomic E-state index is 0.167. The van der Waals surface area contributed by atoms with Crippen LogP contribution >= 0.6 is 0 Å². The Morgan fingerprint density at radius 1 is 0.900 bits per heavy atom. The van der Waals surface area contributed by atoms with Gasteiger partial charge < -0.3 is 14.0 Å². The minimum atomic E-state index is 0.167. The van der Waals surface area contributed by atoms with E-state index in [1.54, 1.807) is 11.3 Å². The topological polar surface area (TPSA) is 13.1 Å². The molecule has 0 N–H and O–H groups in total. The van der Waals surface area contributed by atoms with E-state index in [-0.39, 0.29) is 5.54 Å². The highest BCUT2D eigenvalue weighted by Crippen LogP contribution is 2.69. The number of aryl methyl sites for hydroxylation is 3. The SMILES string of the molecule is Cc1ccccc1N1[C@@H](C)c2c(c3c(ccn3C)n2C)C12C1CC3CC(C1)CC2C3. The Morgan fingerprint density at radius 2 is 1.57 bits per heavy atom. The Labute approximate surface area is 179 Å². The lowest BCUT2D eigenvalue weighted by Gasteiger charge is -2.64. The zero-order chi connectivity index (χ0) is 20.4. The van der Waals surface area contributed by atoms with Crippen molar-refractivity contribution in [2.45, 2.75) is 57.5 Å². The van der Waals surface area contributed by atoms with Crippen LogP contribution in [0, 0.1) is 30.6 Å². The molecule has 1 aromatic carbocycles. The lowest BCUT2D eigenvalue weighted by atomic mass is 9.47. The molecule has 1 aliphatic heterocycles. The molecule has 4 saturated carbocycles. The molecule has 0 radical (unpaired) electrons. The first-order valence-corrected chi connectivity index (χ1v) is 12.0. The largest absolute Gasteiger partial charge is 0.353 e. The molecule has 0 saturated heterocycles. The maximum absolute atomic E-state index is 2.92. The fraction of sp³-hybridized carbons (Fsp3) is 0.556. The second-order valence-electron chi connectivity index (χ2n) is 10.9. The number of rotatable bonds is 1. The highest BCUT2D eigenvalue weighted by molar-refractivity contribution is 5.88. The number of fused-ring (bicyclic) bond motifs is 3. The first-order valence-electron chi connectivity index (χ1n) is 12.0. The Morgan fingerprint density at radius 3 is 2.23 bits per heavy atom. The summed E-state index contributed by atoms with van der Waals surface area (Å²) < 4.78 is 4.94. The highest BCUT2D eigenvalue weighted by atomic mass is 15.3. The van der Waals surface area contributed by atoms with Crippen LogP contribution in [0.5, 0.6) is 0 Å². The van der Waals surface area contributed by atoms with Crippen LogP contribution in [0.2, 0.25) is 0 Å². The average molecular weight is 400 g/mol. The number of para-hydroxylation sites is 1. The zero-order valence-corrected chi connectivity index (χ0v) is 18.7. The van der Waals surface area contributed by atoms with Crippen LogP contribution in [0.1, 0.15) is 61.9 Å². The number of benzene rings is 1. The first kappa shape index (κ1) is 17.5. The van der Waals surface area contributed by atoms with E-state index in [2.05, 4.69) is 78.5 Å². The number of anilines is 1. The van der Waals surface area contributed by atoms with Crippen molar-refractivity contribution in [2.24, 2.45) is 37.8 Å². The molecule has 30 heavy (non-hydrogen) atoms. The average Bonchev–Trinajstić information content (AvgIpc) is 3.31. The molecule has 4 aliphatic carbocycles. The van der Waals surface area contributed by atoms with Crippen molar-refractivity contribution >= 4 is 16.7 Å². The maximum atomic E-state index is 2.92. The molecule has 4 fully saturated rings. The van der Waals surface area contributed by atoms with Crippen molar-refractivity contribution in [3.63, 3.8) is 0 Å². The van der Waals surface area contributed by atoms with Crippen LogP contribution in [0.3, 0.4) is 0 Å². The molecule has 3 aromatic rings. The van der Waals surface area contributed by atoms with Gasteiger partial charge in [-0.05, 0) is 87.3 Å². The van der Waals surface area contributed by atoms with Gasteiger partial charge in [-0.25, -0.2) is 0 Å². The van der Waals surface area contributed by atoms with Crippen LogP contribution in [0.4, 0.5) is 5.69 Å². The normalized spacial score (nSPS) is 36.4. The zero-order valence-electron chi connectivity index (χ0n) is 18.7. The summed E-state index contributed by atoms with van der Waals surface area (Å²) in [6.07, 6.45) is 9.51. The molecule has 2 aromatic heterocycles. The first-order chi connectivity index (χ1) is 14.5. The van der Waals surface area contributed by atoms with Gasteiger partial charge in [0.2, 0.25) is 0 Å². The van der Waals surface area contributed by atoms with Crippen molar-refractivity contribution in [1.82, 2.24) is 9.13 Å². The third-order valence-electron chi connectivity index (χ3n) is 9.61. The number of aromatic nitrogens is 2. The third kappa shape index (κ3) is 1.81. The Kier molecular flexibility index (Phi) is 3.24. The summed E-state index contributed by atoms with van der Waals surface area (Å²) in [7, 11) is 4.57. The van der Waals surface area contributed by atoms with E-state index in [9.17, 15) is 0 Å². The lowest BCUT2D eigenvalue weighted by molar-refractivity contribution is -0.0597. The summed E-state index contributed by atoms with van der Waals surface area (Å²) in [5, 5.41) is 0. The van der Waals surface area contributed by atoms with E-state index in [1.807, 2.05) is 0 Å². The molecule has 3 heterocycles. The molecule has 4 bridgehead atoms. The molecule has 1 spiro atoms. The standard InChI is InChI=1S/C27H33N3/c1-16-7-5-6-8-22(16)30-17(2)25-24(26-23(29(25)4)9-10-28(26)3)27(30)20-12-18-11-19(14-20)15-21(27)13-18/h5-10,17-21H,11-15H2,1-4H3/t17-,18?,19?,20?,21?,27?/m0/s1. The number of hydrogen-bond acceptors (Lipinski definition) is 1. The van der Waals surface area contributed by atoms with Crippen molar-refractivity contribution in [3.05, 3.63) is 53.3 Å². The summed E-state index contributed by atoms with van der Waals surface area (Å²) in [4.78, 5) is 2.92. The molecule has 1 atom stereocenters. The van der Waals surface area contributed by atoms with Gasteiger partial charge in [-0.2, -0.15) is 0 Å². The number of nitrogens with zero attached hydrogens (tertiary/aromatic N) is 3. The molecule has 5 aliphatic rings. The van der Waals surface area contributed by atoms with Crippen LogP contribution in [-0.2, 0) is 19.6 Å². The summed E-state index contributed by atoms with van der Waals surface area (Å²) >= 11 is 0. The molecule has 8 rings (SSSR count). The summed E-state index contributed by atoms with van der Waals surface area (Å²) in [6, 6.07) is 11.9. The van der Waals surface area contributed by atoms with E-state index in [1.165, 1.54) is 54.4 Å². The second-order valence-corrected chi connectivity index (χ2v) is 10.9. The van der Waals surface area contributed by atoms with Gasteiger partial charge in [0, 0.05) is 37.2 Å². The van der Waals surface area contributed by atoms with E-state index < -0.39 is 0 Å². The lowest BCUT2D eigenvalue weighted by Crippen LogP contribution is -2.62. The predicted octanol–water partition coefficient (Wildman–Crippen LogP) is 6.06. The molecule has 3 nitrogen and oxygen atoms in total. The van der Waals surface area contributed by atoms with Crippen LogP contribution in [-0.4, -0.2) is 9.13 Å². The van der Waals surface area contributed by atoms with E-state index in [0.717, 1.165) is 23.7 Å². The van der Waals surface area contributed by atoms with Gasteiger partial charge in [-0.3, -0.25) is 0 Å². The van der Waals surface area contributed by atoms with Crippen molar-refractivity contribution < 1.29 is 0 Å². The number of hydrogen-bond donors (Lipinski definition) is 0. The monoisotopic (exact) mass is 399 g/mol. The Hall–Kier alpha value is -2.16. The fourth-order valence-corrected chi connectivity index (χ4v) is 8.90. The van der Waals surface area contributed by atoms with Crippen molar-refractivity contribution in [2.75, 3.05) is 4.90 Å². The van der Waals surface area contributed by atoms with E-state index in [4.69, 9.17) is 0 Å². The highest BCUT2D eigenvalue weighted by Gasteiger charge is 2.66. The van der Waals surface area contributed by atoms with Crippen LogP contribution in [0.15, 0.2) is 36.5 Å². The molecule has 0 unspecified atom stereocenters. The summed E-state index contributed by atoms with van der Waals surface area (Å²) in [6.45, 7) is 4.79.